The van der Waals surface area contributed by atoms with Crippen molar-refractivity contribution < 1.29 is 14.0 Å². The second kappa shape index (κ2) is 8.16. The van der Waals surface area contributed by atoms with Gasteiger partial charge in [0.25, 0.3) is 5.91 Å². The molecule has 4 rings (SSSR count). The van der Waals surface area contributed by atoms with Crippen molar-refractivity contribution in [3.8, 4) is 0 Å². The Balaban J connectivity index is 1.56. The van der Waals surface area contributed by atoms with Gasteiger partial charge < -0.3 is 15.1 Å². The predicted octanol–water partition coefficient (Wildman–Crippen LogP) is 4.77. The molecule has 2 heterocycles. The molecule has 30 heavy (non-hydrogen) atoms. The molecule has 0 aliphatic carbocycles. The number of aromatic nitrogens is 2. The van der Waals surface area contributed by atoms with Gasteiger partial charge in [0.15, 0.2) is 6.29 Å². The topological polar surface area (TPSA) is 97.1 Å². The van der Waals surface area contributed by atoms with E-state index in [1.807, 2.05) is 37.3 Å². The Bertz CT molecular complexity index is 1230. The van der Waals surface area contributed by atoms with Crippen LogP contribution in [-0.2, 0) is 0 Å². The van der Waals surface area contributed by atoms with Gasteiger partial charge in [0.1, 0.15) is 17.9 Å². The Kier molecular flexibility index (Phi) is 5.26. The smallest absolute Gasteiger partial charge is 0.259 e. The summed E-state index contributed by atoms with van der Waals surface area (Å²) in [4.78, 5) is 32.3. The quantitative estimate of drug-likeness (QED) is 0.453. The van der Waals surface area contributed by atoms with Crippen LogP contribution < -0.4 is 10.6 Å². The van der Waals surface area contributed by atoms with Gasteiger partial charge in [-0.2, -0.15) is 0 Å². The minimum absolute atomic E-state index is 0.101. The molecule has 7 nitrogen and oxygen atoms in total. The van der Waals surface area contributed by atoms with E-state index in [0.717, 1.165) is 17.2 Å². The maximum absolute atomic E-state index is 12.4. The summed E-state index contributed by atoms with van der Waals surface area (Å²) in [6.45, 7) is 3.75. The molecule has 2 N–H and O–H groups in total. The summed E-state index contributed by atoms with van der Waals surface area (Å²) in [5, 5.41) is 7.04. The lowest BCUT2D eigenvalue weighted by Crippen LogP contribution is -2.13. The van der Waals surface area contributed by atoms with Gasteiger partial charge in [0.05, 0.1) is 23.4 Å². The number of para-hydroxylation sites is 1. The summed E-state index contributed by atoms with van der Waals surface area (Å²) < 4.78 is 5.20. The molecule has 0 aliphatic heterocycles. The van der Waals surface area contributed by atoms with E-state index in [4.69, 9.17) is 4.42 Å². The number of furan rings is 1. The first-order valence-electron chi connectivity index (χ1n) is 9.47. The third-order valence-corrected chi connectivity index (χ3v) is 4.92. The van der Waals surface area contributed by atoms with E-state index in [-0.39, 0.29) is 11.9 Å². The summed E-state index contributed by atoms with van der Waals surface area (Å²) in [5.41, 5.74) is 3.28. The van der Waals surface area contributed by atoms with Gasteiger partial charge in [0, 0.05) is 16.6 Å². The number of anilines is 2. The Morgan fingerprint density at radius 2 is 1.97 bits per heavy atom. The summed E-state index contributed by atoms with van der Waals surface area (Å²) in [5.74, 6) is 0.992. The van der Waals surface area contributed by atoms with Crippen LogP contribution in [0.4, 0.5) is 11.5 Å². The van der Waals surface area contributed by atoms with Crippen molar-refractivity contribution in [2.45, 2.75) is 19.9 Å². The lowest BCUT2D eigenvalue weighted by molar-refractivity contribution is 0.102. The standard InChI is InChI=1S/C23H20N4O3/c1-14(26-22-20-8-4-6-17(12-28)21(20)24-13-25-22)16-5-3-7-18(11-16)27-23(29)19-9-10-30-15(19)2/h3-14H,1-2H3,(H,27,29)(H,24,25,26). The van der Waals surface area contributed by atoms with Crippen molar-refractivity contribution in [1.82, 2.24) is 9.97 Å². The van der Waals surface area contributed by atoms with Gasteiger partial charge in [-0.3, -0.25) is 9.59 Å². The number of hydrogen-bond acceptors (Lipinski definition) is 6. The van der Waals surface area contributed by atoms with Crippen molar-refractivity contribution >= 4 is 34.6 Å². The Hall–Kier alpha value is -4.00. The molecular weight excluding hydrogens is 380 g/mol. The molecule has 1 atom stereocenters. The van der Waals surface area contributed by atoms with Gasteiger partial charge in [-0.25, -0.2) is 9.97 Å². The number of hydrogen-bond donors (Lipinski definition) is 2. The molecule has 1 amide bonds. The number of aryl methyl sites for hydroxylation is 1. The molecule has 1 unspecified atom stereocenters. The molecular formula is C23H20N4O3. The fourth-order valence-electron chi connectivity index (χ4n) is 3.31. The van der Waals surface area contributed by atoms with E-state index in [2.05, 4.69) is 20.6 Å². The van der Waals surface area contributed by atoms with Crippen LogP contribution in [0.3, 0.4) is 0 Å². The second-order valence-electron chi connectivity index (χ2n) is 6.92. The number of nitrogens with zero attached hydrogens (tertiary/aromatic N) is 2. The number of amides is 1. The largest absolute Gasteiger partial charge is 0.469 e. The zero-order chi connectivity index (χ0) is 21.1. The molecule has 0 spiro atoms. The third kappa shape index (κ3) is 3.77. The fourth-order valence-corrected chi connectivity index (χ4v) is 3.31. The van der Waals surface area contributed by atoms with Gasteiger partial charge in [-0.15, -0.1) is 0 Å². The van der Waals surface area contributed by atoms with Crippen LogP contribution in [0.15, 0.2) is 65.5 Å². The molecule has 2 aromatic heterocycles. The molecule has 0 saturated heterocycles. The molecule has 0 saturated carbocycles. The lowest BCUT2D eigenvalue weighted by atomic mass is 10.1. The van der Waals surface area contributed by atoms with E-state index in [1.165, 1.54) is 12.6 Å². The first-order valence-corrected chi connectivity index (χ1v) is 9.47. The maximum Gasteiger partial charge on any atom is 0.259 e. The number of rotatable bonds is 6. The van der Waals surface area contributed by atoms with Gasteiger partial charge >= 0.3 is 0 Å². The number of carbonyl (C=O) groups is 2. The number of benzene rings is 2. The van der Waals surface area contributed by atoms with Crippen LogP contribution in [0.5, 0.6) is 0 Å². The average Bonchev–Trinajstić information content (AvgIpc) is 3.19. The Morgan fingerprint density at radius 3 is 2.73 bits per heavy atom. The number of fused-ring (bicyclic) bond motifs is 1. The van der Waals surface area contributed by atoms with Crippen molar-refractivity contribution in [3.63, 3.8) is 0 Å². The molecule has 150 valence electrons. The summed E-state index contributed by atoms with van der Waals surface area (Å²) >= 11 is 0. The van der Waals surface area contributed by atoms with Crippen LogP contribution >= 0.6 is 0 Å². The fraction of sp³-hybridized carbons (Fsp3) is 0.130. The van der Waals surface area contributed by atoms with E-state index in [0.29, 0.717) is 33.9 Å². The predicted molar refractivity (Wildman–Crippen MR) is 115 cm³/mol. The van der Waals surface area contributed by atoms with Crippen LogP contribution in [0.2, 0.25) is 0 Å². The van der Waals surface area contributed by atoms with Gasteiger partial charge in [-0.05, 0) is 49.7 Å². The average molecular weight is 400 g/mol. The molecule has 0 aliphatic rings. The first-order chi connectivity index (χ1) is 14.6. The summed E-state index contributed by atoms with van der Waals surface area (Å²) in [6.07, 6.45) is 3.72. The molecule has 2 aromatic carbocycles. The normalized spacial score (nSPS) is 11.8. The molecule has 0 radical (unpaired) electrons. The lowest BCUT2D eigenvalue weighted by Gasteiger charge is -2.17. The number of aldehydes is 1. The zero-order valence-electron chi connectivity index (χ0n) is 16.5. The summed E-state index contributed by atoms with van der Waals surface area (Å²) in [6, 6.07) is 14.5. The highest BCUT2D eigenvalue weighted by Crippen LogP contribution is 2.26. The van der Waals surface area contributed by atoms with Crippen LogP contribution in [0.1, 0.15) is 45.0 Å². The highest BCUT2D eigenvalue weighted by molar-refractivity contribution is 6.05. The van der Waals surface area contributed by atoms with Crippen molar-refractivity contribution in [2.75, 3.05) is 10.6 Å². The van der Waals surface area contributed by atoms with Crippen molar-refractivity contribution in [2.24, 2.45) is 0 Å². The van der Waals surface area contributed by atoms with Gasteiger partial charge in [-0.1, -0.05) is 18.2 Å². The second-order valence-corrected chi connectivity index (χ2v) is 6.92. The number of nitrogens with one attached hydrogen (secondary N) is 2. The molecule has 4 aromatic rings. The molecule has 7 heteroatoms. The summed E-state index contributed by atoms with van der Waals surface area (Å²) in [7, 11) is 0. The van der Waals surface area contributed by atoms with Crippen molar-refractivity contribution in [3.05, 3.63) is 83.6 Å². The van der Waals surface area contributed by atoms with E-state index < -0.39 is 0 Å². The first kappa shape index (κ1) is 19.3. The van der Waals surface area contributed by atoms with Crippen LogP contribution in [0, 0.1) is 6.92 Å². The van der Waals surface area contributed by atoms with E-state index >= 15 is 0 Å². The highest BCUT2D eigenvalue weighted by atomic mass is 16.3. The van der Waals surface area contributed by atoms with Gasteiger partial charge in [0.2, 0.25) is 0 Å². The van der Waals surface area contributed by atoms with E-state index in [1.54, 1.807) is 25.1 Å². The van der Waals surface area contributed by atoms with Crippen molar-refractivity contribution in [1.29, 1.82) is 0 Å². The monoisotopic (exact) mass is 400 g/mol. The third-order valence-electron chi connectivity index (χ3n) is 4.92. The van der Waals surface area contributed by atoms with Crippen LogP contribution in [-0.4, -0.2) is 22.2 Å². The van der Waals surface area contributed by atoms with Crippen LogP contribution in [0.25, 0.3) is 10.9 Å². The Labute approximate surface area is 173 Å². The molecule has 0 fully saturated rings. The minimum Gasteiger partial charge on any atom is -0.469 e. The SMILES string of the molecule is Cc1occc1C(=O)Nc1cccc(C(C)Nc2ncnc3c(C=O)cccc23)c1. The highest BCUT2D eigenvalue weighted by Gasteiger charge is 2.14. The Morgan fingerprint density at radius 1 is 1.13 bits per heavy atom. The van der Waals surface area contributed by atoms with E-state index in [9.17, 15) is 9.59 Å². The maximum atomic E-state index is 12.4. The minimum atomic E-state index is -0.220. The molecule has 0 bridgehead atoms. The number of carbonyl (C=O) groups excluding carboxylic acids is 2. The zero-order valence-corrected chi connectivity index (χ0v) is 16.5.